The van der Waals surface area contributed by atoms with Gasteiger partial charge in [0.05, 0.1) is 35.6 Å². The topological polar surface area (TPSA) is 105 Å². The zero-order valence-electron chi connectivity index (χ0n) is 15.2. The average Bonchev–Trinajstić information content (AvgIpc) is 3.12. The van der Waals surface area contributed by atoms with Crippen molar-refractivity contribution in [3.63, 3.8) is 0 Å². The third-order valence-corrected chi connectivity index (χ3v) is 4.73. The van der Waals surface area contributed by atoms with Crippen LogP contribution in [0.25, 0.3) is 10.9 Å². The van der Waals surface area contributed by atoms with Gasteiger partial charge < -0.3 is 20.5 Å². The molecule has 0 saturated heterocycles. The number of nitrogens with one attached hydrogen (secondary N) is 2. The van der Waals surface area contributed by atoms with E-state index in [2.05, 4.69) is 15.7 Å². The van der Waals surface area contributed by atoms with E-state index in [1.165, 1.54) is 24.4 Å². The maximum absolute atomic E-state index is 13.2. The highest BCUT2D eigenvalue weighted by Gasteiger charge is 2.37. The van der Waals surface area contributed by atoms with Gasteiger partial charge in [0.15, 0.2) is 0 Å². The number of amides is 2. The molecule has 0 aliphatic carbocycles. The van der Waals surface area contributed by atoms with Gasteiger partial charge in [-0.05, 0) is 18.2 Å². The van der Waals surface area contributed by atoms with Crippen molar-refractivity contribution in [2.75, 3.05) is 11.9 Å². The molecule has 0 spiro atoms. The second kappa shape index (κ2) is 7.25. The van der Waals surface area contributed by atoms with Crippen LogP contribution in [0, 0.1) is 0 Å². The lowest BCUT2D eigenvalue weighted by Gasteiger charge is -2.28. The molecule has 8 nitrogen and oxygen atoms in total. The van der Waals surface area contributed by atoms with Crippen LogP contribution in [0.1, 0.15) is 23.6 Å². The predicted molar refractivity (Wildman–Crippen MR) is 99.6 cm³/mol. The summed E-state index contributed by atoms with van der Waals surface area (Å²) in [5, 5.41) is 18.6. The molecule has 11 heteroatoms. The number of hydrogen-bond acceptors (Lipinski definition) is 4. The molecule has 2 amide bonds. The van der Waals surface area contributed by atoms with Crippen molar-refractivity contribution in [1.29, 1.82) is 0 Å². The van der Waals surface area contributed by atoms with Crippen LogP contribution in [0.15, 0.2) is 42.6 Å². The van der Waals surface area contributed by atoms with Crippen LogP contribution in [0.4, 0.5) is 28.4 Å². The fourth-order valence-electron chi connectivity index (χ4n) is 3.43. The van der Waals surface area contributed by atoms with Crippen molar-refractivity contribution in [3.05, 3.63) is 53.7 Å². The molecule has 1 atom stereocenters. The Bertz CT molecular complexity index is 1140. The van der Waals surface area contributed by atoms with E-state index in [1.54, 1.807) is 12.1 Å². The maximum Gasteiger partial charge on any atom is 0.432 e. The van der Waals surface area contributed by atoms with E-state index in [1.807, 2.05) is 0 Å². The average molecular weight is 420 g/mol. The van der Waals surface area contributed by atoms with E-state index in [-0.39, 0.29) is 23.4 Å². The van der Waals surface area contributed by atoms with Gasteiger partial charge in [-0.3, -0.25) is 0 Å². The zero-order valence-corrected chi connectivity index (χ0v) is 15.2. The molecule has 0 radical (unpaired) electrons. The summed E-state index contributed by atoms with van der Waals surface area (Å²) in [6.45, 7) is 0.0198. The number of fused-ring (bicyclic) bond motifs is 2. The third-order valence-electron chi connectivity index (χ3n) is 4.73. The second-order valence-corrected chi connectivity index (χ2v) is 6.59. The quantitative estimate of drug-likeness (QED) is 0.576. The monoisotopic (exact) mass is 420 g/mol. The molecule has 3 aromatic rings. The lowest BCUT2D eigenvalue weighted by atomic mass is 9.97. The van der Waals surface area contributed by atoms with E-state index < -0.39 is 29.9 Å². The molecule has 0 saturated carbocycles. The number of ether oxygens (including phenoxy) is 1. The largest absolute Gasteiger partial charge is 0.492 e. The van der Waals surface area contributed by atoms with Crippen LogP contribution in [0.3, 0.4) is 0 Å². The van der Waals surface area contributed by atoms with Gasteiger partial charge in [0.2, 0.25) is 0 Å². The molecule has 4 rings (SSSR count). The first-order valence-corrected chi connectivity index (χ1v) is 8.86. The number of para-hydroxylation sites is 1. The molecule has 1 unspecified atom stereocenters. The van der Waals surface area contributed by atoms with E-state index in [0.717, 1.165) is 10.7 Å². The van der Waals surface area contributed by atoms with Crippen molar-refractivity contribution < 1.29 is 32.6 Å². The number of rotatable bonds is 2. The first-order chi connectivity index (χ1) is 14.3. The minimum absolute atomic E-state index is 0.0198. The molecule has 1 aliphatic heterocycles. The van der Waals surface area contributed by atoms with E-state index >= 15 is 0 Å². The molecule has 30 heavy (non-hydrogen) atoms. The molecular weight excluding hydrogens is 405 g/mol. The van der Waals surface area contributed by atoms with Gasteiger partial charge in [-0.25, -0.2) is 9.59 Å². The van der Waals surface area contributed by atoms with Crippen LogP contribution >= 0.6 is 0 Å². The van der Waals surface area contributed by atoms with Gasteiger partial charge in [-0.1, -0.05) is 18.2 Å². The Morgan fingerprint density at radius 1 is 1.20 bits per heavy atom. The van der Waals surface area contributed by atoms with Gasteiger partial charge in [0.1, 0.15) is 5.75 Å². The molecular formula is C19H15F3N4O4. The molecule has 2 aromatic carbocycles. The third kappa shape index (κ3) is 3.49. The van der Waals surface area contributed by atoms with Crippen molar-refractivity contribution in [2.24, 2.45) is 0 Å². The summed E-state index contributed by atoms with van der Waals surface area (Å²) in [5.41, 5.74) is -0.0544. The van der Waals surface area contributed by atoms with Crippen molar-refractivity contribution >= 4 is 28.7 Å². The van der Waals surface area contributed by atoms with E-state index in [9.17, 15) is 22.8 Å². The van der Waals surface area contributed by atoms with Crippen LogP contribution in [0.2, 0.25) is 0 Å². The van der Waals surface area contributed by atoms with Crippen LogP contribution in [-0.4, -0.2) is 33.6 Å². The van der Waals surface area contributed by atoms with E-state index in [4.69, 9.17) is 9.84 Å². The van der Waals surface area contributed by atoms with Crippen LogP contribution in [0.5, 0.6) is 5.75 Å². The molecule has 0 bridgehead atoms. The number of nitrogens with zero attached hydrogens (tertiary/aromatic N) is 2. The number of halogens is 3. The SMILES string of the molecule is O=C(Nc1cccc2c1cnn2C(=O)O)NC1CCOc2c1cccc2C(F)(F)F. The van der Waals surface area contributed by atoms with Crippen molar-refractivity contribution in [2.45, 2.75) is 18.6 Å². The molecule has 2 heterocycles. The normalized spacial score (nSPS) is 15.9. The Balaban J connectivity index is 1.57. The Kier molecular flexibility index (Phi) is 4.72. The summed E-state index contributed by atoms with van der Waals surface area (Å²) in [6, 6.07) is 7.00. The maximum atomic E-state index is 13.2. The number of carbonyl (C=O) groups is 2. The Morgan fingerprint density at radius 2 is 1.97 bits per heavy atom. The Morgan fingerprint density at radius 3 is 2.70 bits per heavy atom. The highest BCUT2D eigenvalue weighted by molar-refractivity contribution is 6.02. The summed E-state index contributed by atoms with van der Waals surface area (Å²) in [5.74, 6) is -0.286. The smallest absolute Gasteiger partial charge is 0.432 e. The second-order valence-electron chi connectivity index (χ2n) is 6.59. The van der Waals surface area contributed by atoms with Gasteiger partial charge in [-0.2, -0.15) is 23.0 Å². The zero-order chi connectivity index (χ0) is 21.5. The predicted octanol–water partition coefficient (Wildman–Crippen LogP) is 4.23. The molecule has 3 N–H and O–H groups in total. The lowest BCUT2D eigenvalue weighted by molar-refractivity contribution is -0.139. The first kappa shape index (κ1) is 19.6. The number of anilines is 1. The van der Waals surface area contributed by atoms with Crippen molar-refractivity contribution in [3.8, 4) is 5.75 Å². The van der Waals surface area contributed by atoms with Crippen LogP contribution < -0.4 is 15.4 Å². The van der Waals surface area contributed by atoms with Crippen LogP contribution in [-0.2, 0) is 6.18 Å². The van der Waals surface area contributed by atoms with Gasteiger partial charge in [0.25, 0.3) is 0 Å². The molecule has 156 valence electrons. The summed E-state index contributed by atoms with van der Waals surface area (Å²) in [6.07, 6.45) is -4.25. The minimum atomic E-state index is -4.57. The van der Waals surface area contributed by atoms with Gasteiger partial charge in [0, 0.05) is 17.4 Å². The highest BCUT2D eigenvalue weighted by Crippen LogP contribution is 2.42. The number of carboxylic acid groups (broad SMARTS) is 1. The number of hydrogen-bond donors (Lipinski definition) is 3. The Hall–Kier alpha value is -3.76. The van der Waals surface area contributed by atoms with E-state index in [0.29, 0.717) is 17.5 Å². The first-order valence-electron chi connectivity index (χ1n) is 8.86. The number of carbonyl (C=O) groups excluding carboxylic acids is 1. The molecule has 1 aliphatic rings. The molecule has 1 aromatic heterocycles. The summed E-state index contributed by atoms with van der Waals surface area (Å²) in [7, 11) is 0. The number of benzene rings is 2. The minimum Gasteiger partial charge on any atom is -0.492 e. The highest BCUT2D eigenvalue weighted by atomic mass is 19.4. The Labute approximate surface area is 167 Å². The number of aromatic nitrogens is 2. The lowest BCUT2D eigenvalue weighted by Crippen LogP contribution is -2.35. The van der Waals surface area contributed by atoms with Gasteiger partial charge >= 0.3 is 18.3 Å². The standard InChI is InChI=1S/C19H15F3N4O4/c20-19(21,22)12-4-1-3-10-14(7-8-30-16(10)12)25-17(27)24-13-5-2-6-15-11(13)9-23-26(15)18(28)29/h1-6,9,14H,7-8H2,(H,28,29)(H2,24,25,27). The number of urea groups is 1. The summed E-state index contributed by atoms with van der Waals surface area (Å²) < 4.78 is 45.7. The number of alkyl halides is 3. The fourth-order valence-corrected chi connectivity index (χ4v) is 3.43. The van der Waals surface area contributed by atoms with Crippen molar-refractivity contribution in [1.82, 2.24) is 15.1 Å². The fraction of sp³-hybridized carbons (Fsp3) is 0.211. The summed E-state index contributed by atoms with van der Waals surface area (Å²) >= 11 is 0. The molecule has 0 fully saturated rings. The summed E-state index contributed by atoms with van der Waals surface area (Å²) in [4.78, 5) is 23.7. The van der Waals surface area contributed by atoms with Gasteiger partial charge in [-0.15, -0.1) is 0 Å².